The number of ether oxygens (including phenoxy) is 1. The van der Waals surface area contributed by atoms with Crippen LogP contribution in [0.4, 0.5) is 0 Å². The Morgan fingerprint density at radius 3 is 2.85 bits per heavy atom. The number of methoxy groups -OCH3 is 1. The molecule has 1 aliphatic heterocycles. The highest BCUT2D eigenvalue weighted by Crippen LogP contribution is 2.40. The molecule has 1 N–H and O–H groups in total. The Morgan fingerprint density at radius 1 is 1.40 bits per heavy atom. The Bertz CT molecular complexity index is 487. The van der Waals surface area contributed by atoms with Gasteiger partial charge in [0.05, 0.1) is 24.7 Å². The fourth-order valence-electron chi connectivity index (χ4n) is 2.89. The average Bonchev–Trinajstić information content (AvgIpc) is 3.03. The molecule has 1 saturated heterocycles. The second-order valence-electron chi connectivity index (χ2n) is 5.38. The van der Waals surface area contributed by atoms with E-state index in [-0.39, 0.29) is 31.2 Å². The number of hydrogen-bond donors (Lipinski definition) is 1. The van der Waals surface area contributed by atoms with E-state index in [2.05, 4.69) is 15.5 Å². The highest BCUT2D eigenvalue weighted by molar-refractivity contribution is 5.78. The highest BCUT2D eigenvalue weighted by Gasteiger charge is 2.41. The van der Waals surface area contributed by atoms with E-state index in [1.807, 2.05) is 4.68 Å². The molecule has 20 heavy (non-hydrogen) atoms. The van der Waals surface area contributed by atoms with Crippen LogP contribution in [0.3, 0.4) is 0 Å². The summed E-state index contributed by atoms with van der Waals surface area (Å²) in [5.74, 6) is 0.604. The third-order valence-corrected chi connectivity index (χ3v) is 3.98. The standard InChI is InChI=1S/C12H19N5O3/c1-20-7-11(19)16-9(6-18)4-5-10(16)12-13-14-15-17(12)8-2-3-8/h8-10,18H,2-7H2,1H3/t9-,10+/m0/s1. The van der Waals surface area contributed by atoms with Gasteiger partial charge in [-0.25, -0.2) is 4.68 Å². The van der Waals surface area contributed by atoms with Crippen molar-refractivity contribution in [1.29, 1.82) is 0 Å². The number of carbonyl (C=O) groups excluding carboxylic acids is 1. The van der Waals surface area contributed by atoms with E-state index < -0.39 is 0 Å². The molecule has 2 heterocycles. The molecule has 0 bridgehead atoms. The van der Waals surface area contributed by atoms with Crippen LogP contribution in [0.5, 0.6) is 0 Å². The van der Waals surface area contributed by atoms with Gasteiger partial charge in [0.25, 0.3) is 0 Å². The van der Waals surface area contributed by atoms with Crippen molar-refractivity contribution >= 4 is 5.91 Å². The van der Waals surface area contributed by atoms with Gasteiger partial charge in [0.1, 0.15) is 6.61 Å². The third kappa shape index (κ3) is 2.29. The summed E-state index contributed by atoms with van der Waals surface area (Å²) in [6.45, 7) is -0.0328. The molecule has 1 aromatic heterocycles. The molecule has 2 aliphatic rings. The van der Waals surface area contributed by atoms with Crippen molar-refractivity contribution < 1.29 is 14.6 Å². The fraction of sp³-hybridized carbons (Fsp3) is 0.833. The van der Waals surface area contributed by atoms with Gasteiger partial charge in [-0.15, -0.1) is 5.10 Å². The number of aromatic nitrogens is 4. The zero-order valence-electron chi connectivity index (χ0n) is 11.5. The molecule has 3 rings (SSSR count). The van der Waals surface area contributed by atoms with Crippen LogP contribution < -0.4 is 0 Å². The number of amides is 1. The van der Waals surface area contributed by atoms with Gasteiger partial charge in [0.15, 0.2) is 5.82 Å². The molecular formula is C12H19N5O3. The van der Waals surface area contributed by atoms with Crippen molar-refractivity contribution in [3.8, 4) is 0 Å². The number of likely N-dealkylation sites (tertiary alicyclic amines) is 1. The van der Waals surface area contributed by atoms with Crippen LogP contribution in [-0.4, -0.2) is 62.5 Å². The molecular weight excluding hydrogens is 262 g/mol. The van der Waals surface area contributed by atoms with Gasteiger partial charge in [-0.2, -0.15) is 0 Å². The summed E-state index contributed by atoms with van der Waals surface area (Å²) in [6, 6.07) is 0.0324. The second kappa shape index (κ2) is 5.45. The molecule has 110 valence electrons. The lowest BCUT2D eigenvalue weighted by Crippen LogP contribution is -2.41. The highest BCUT2D eigenvalue weighted by atomic mass is 16.5. The topological polar surface area (TPSA) is 93.4 Å². The number of rotatable bonds is 5. The fourth-order valence-corrected chi connectivity index (χ4v) is 2.89. The molecule has 0 unspecified atom stereocenters. The summed E-state index contributed by atoms with van der Waals surface area (Å²) in [4.78, 5) is 13.9. The zero-order valence-corrected chi connectivity index (χ0v) is 11.5. The number of nitrogens with zero attached hydrogens (tertiary/aromatic N) is 5. The second-order valence-corrected chi connectivity index (χ2v) is 5.38. The lowest BCUT2D eigenvalue weighted by Gasteiger charge is -2.28. The molecule has 8 nitrogen and oxygen atoms in total. The number of tetrazole rings is 1. The largest absolute Gasteiger partial charge is 0.394 e. The molecule has 2 fully saturated rings. The predicted octanol–water partition coefficient (Wildman–Crippen LogP) is -0.321. The quantitative estimate of drug-likeness (QED) is 0.795. The van der Waals surface area contributed by atoms with Crippen LogP contribution in [0.2, 0.25) is 0 Å². The van der Waals surface area contributed by atoms with E-state index in [9.17, 15) is 9.90 Å². The normalized spacial score (nSPS) is 26.2. The molecule has 0 radical (unpaired) electrons. The molecule has 0 aromatic carbocycles. The van der Waals surface area contributed by atoms with Gasteiger partial charge in [-0.05, 0) is 36.1 Å². The first-order valence-corrected chi connectivity index (χ1v) is 6.95. The Hall–Kier alpha value is -1.54. The maximum absolute atomic E-state index is 12.2. The summed E-state index contributed by atoms with van der Waals surface area (Å²) in [5, 5.41) is 21.4. The number of aliphatic hydroxyl groups is 1. The van der Waals surface area contributed by atoms with Crippen molar-refractivity contribution in [2.75, 3.05) is 20.3 Å². The molecule has 2 atom stereocenters. The van der Waals surface area contributed by atoms with Crippen LogP contribution in [-0.2, 0) is 9.53 Å². The summed E-state index contributed by atoms with van der Waals surface area (Å²) < 4.78 is 6.76. The van der Waals surface area contributed by atoms with Gasteiger partial charge < -0.3 is 14.7 Å². The van der Waals surface area contributed by atoms with Crippen LogP contribution in [0.25, 0.3) is 0 Å². The van der Waals surface area contributed by atoms with Crippen molar-refractivity contribution in [3.05, 3.63) is 5.82 Å². The summed E-state index contributed by atoms with van der Waals surface area (Å²) in [5.41, 5.74) is 0. The molecule has 0 spiro atoms. The van der Waals surface area contributed by atoms with Crippen LogP contribution in [0.15, 0.2) is 0 Å². The third-order valence-electron chi connectivity index (χ3n) is 3.98. The number of hydrogen-bond acceptors (Lipinski definition) is 6. The minimum absolute atomic E-state index is 0.0119. The first-order chi connectivity index (χ1) is 9.76. The van der Waals surface area contributed by atoms with Gasteiger partial charge in [-0.3, -0.25) is 4.79 Å². The molecule has 8 heteroatoms. The van der Waals surface area contributed by atoms with Crippen molar-refractivity contribution in [2.24, 2.45) is 0 Å². The first-order valence-electron chi connectivity index (χ1n) is 6.95. The maximum Gasteiger partial charge on any atom is 0.249 e. The van der Waals surface area contributed by atoms with Gasteiger partial charge >= 0.3 is 0 Å². The number of carbonyl (C=O) groups is 1. The predicted molar refractivity (Wildman–Crippen MR) is 67.7 cm³/mol. The van der Waals surface area contributed by atoms with E-state index in [1.54, 1.807) is 4.90 Å². The van der Waals surface area contributed by atoms with E-state index >= 15 is 0 Å². The number of aliphatic hydroxyl groups excluding tert-OH is 1. The first kappa shape index (κ1) is 13.4. The SMILES string of the molecule is COCC(=O)N1[C@H](CO)CC[C@@H]1c1nnnn1C1CC1. The Labute approximate surface area is 116 Å². The maximum atomic E-state index is 12.2. The van der Waals surface area contributed by atoms with E-state index in [0.717, 1.165) is 31.5 Å². The summed E-state index contributed by atoms with van der Waals surface area (Å²) in [6.07, 6.45) is 3.70. The molecule has 1 saturated carbocycles. The van der Waals surface area contributed by atoms with Gasteiger partial charge in [0.2, 0.25) is 5.91 Å². The lowest BCUT2D eigenvalue weighted by atomic mass is 10.2. The van der Waals surface area contributed by atoms with Crippen molar-refractivity contribution in [2.45, 2.75) is 43.8 Å². The average molecular weight is 281 g/mol. The Balaban J connectivity index is 1.86. The van der Waals surface area contributed by atoms with Crippen LogP contribution in [0, 0.1) is 0 Å². The van der Waals surface area contributed by atoms with Gasteiger partial charge in [-0.1, -0.05) is 0 Å². The van der Waals surface area contributed by atoms with E-state index in [1.165, 1.54) is 7.11 Å². The summed E-state index contributed by atoms with van der Waals surface area (Å²) >= 11 is 0. The minimum Gasteiger partial charge on any atom is -0.394 e. The minimum atomic E-state index is -0.174. The molecule has 1 aromatic rings. The smallest absolute Gasteiger partial charge is 0.249 e. The van der Waals surface area contributed by atoms with Crippen LogP contribution >= 0.6 is 0 Å². The Morgan fingerprint density at radius 2 is 2.20 bits per heavy atom. The van der Waals surface area contributed by atoms with E-state index in [4.69, 9.17) is 4.74 Å². The monoisotopic (exact) mass is 281 g/mol. The Kier molecular flexibility index (Phi) is 3.66. The van der Waals surface area contributed by atoms with E-state index in [0.29, 0.717) is 6.04 Å². The molecule has 1 aliphatic carbocycles. The van der Waals surface area contributed by atoms with Crippen LogP contribution in [0.1, 0.15) is 43.6 Å². The zero-order chi connectivity index (χ0) is 14.1. The lowest BCUT2D eigenvalue weighted by molar-refractivity contribution is -0.139. The molecule has 1 amide bonds. The van der Waals surface area contributed by atoms with Gasteiger partial charge in [0, 0.05) is 7.11 Å². The van der Waals surface area contributed by atoms with Crippen molar-refractivity contribution in [1.82, 2.24) is 25.1 Å². The summed E-state index contributed by atoms with van der Waals surface area (Å²) in [7, 11) is 1.49. The van der Waals surface area contributed by atoms with Crippen molar-refractivity contribution in [3.63, 3.8) is 0 Å².